The minimum atomic E-state index is 0.153. The van der Waals surface area contributed by atoms with Gasteiger partial charge in [-0.3, -0.25) is 0 Å². The lowest BCUT2D eigenvalue weighted by Gasteiger charge is -2.12. The second-order valence-corrected chi connectivity index (χ2v) is 5.53. The van der Waals surface area contributed by atoms with Crippen molar-refractivity contribution in [1.29, 1.82) is 0 Å². The van der Waals surface area contributed by atoms with Crippen LogP contribution in [0.5, 0.6) is 5.75 Å². The van der Waals surface area contributed by atoms with Crippen molar-refractivity contribution in [3.63, 3.8) is 0 Å². The van der Waals surface area contributed by atoms with E-state index in [1.807, 2.05) is 32.9 Å². The lowest BCUT2D eigenvalue weighted by atomic mass is 10.0. The van der Waals surface area contributed by atoms with E-state index in [2.05, 4.69) is 35.0 Å². The Balaban J connectivity index is 2.30. The normalized spacial score (nSPS) is 12.5. The zero-order valence-electron chi connectivity index (χ0n) is 11.8. The van der Waals surface area contributed by atoms with Gasteiger partial charge in [-0.1, -0.05) is 28.1 Å². The number of halogens is 1. The lowest BCUT2D eigenvalue weighted by molar-refractivity contribution is 0.340. The summed E-state index contributed by atoms with van der Waals surface area (Å²) >= 11 is 3.77. The predicted octanol–water partition coefficient (Wildman–Crippen LogP) is 5.09. The molecule has 0 fully saturated rings. The van der Waals surface area contributed by atoms with Crippen molar-refractivity contribution in [2.24, 2.45) is 0 Å². The molecule has 0 bridgehead atoms. The van der Waals surface area contributed by atoms with Crippen molar-refractivity contribution in [3.8, 4) is 5.75 Å². The first kappa shape index (κ1) is 14.2. The van der Waals surface area contributed by atoms with Crippen molar-refractivity contribution >= 4 is 15.9 Å². The minimum absolute atomic E-state index is 0.153. The van der Waals surface area contributed by atoms with E-state index in [1.165, 1.54) is 16.7 Å². The summed E-state index contributed by atoms with van der Waals surface area (Å²) in [6.45, 7) is 8.80. The molecule has 1 aromatic heterocycles. The number of furan rings is 1. The summed E-state index contributed by atoms with van der Waals surface area (Å²) in [6, 6.07) is 8.19. The van der Waals surface area contributed by atoms with Crippen molar-refractivity contribution in [1.82, 2.24) is 0 Å². The molecule has 0 saturated carbocycles. The fourth-order valence-electron chi connectivity index (χ4n) is 2.25. The molecule has 2 rings (SSSR count). The molecule has 0 aliphatic heterocycles. The number of benzene rings is 1. The maximum Gasteiger partial charge on any atom is 0.119 e. The molecular weight excluding hydrogens is 304 g/mol. The van der Waals surface area contributed by atoms with Gasteiger partial charge >= 0.3 is 0 Å². The quantitative estimate of drug-likeness (QED) is 0.732. The zero-order valence-corrected chi connectivity index (χ0v) is 13.4. The van der Waals surface area contributed by atoms with Gasteiger partial charge in [-0.2, -0.15) is 0 Å². The molecular formula is C16H19BrO2. The number of aryl methyl sites for hydroxylation is 2. The SMILES string of the molecule is CCOc1ccc(C(Br)c2c(C)oc(C)c2C)cc1. The number of alkyl halides is 1. The Labute approximate surface area is 122 Å². The average molecular weight is 323 g/mol. The molecule has 1 unspecified atom stereocenters. The van der Waals surface area contributed by atoms with E-state index < -0.39 is 0 Å². The highest BCUT2D eigenvalue weighted by molar-refractivity contribution is 9.09. The van der Waals surface area contributed by atoms with Crippen molar-refractivity contribution in [2.75, 3.05) is 6.61 Å². The number of rotatable bonds is 4. The highest BCUT2D eigenvalue weighted by Gasteiger charge is 2.20. The Kier molecular flexibility index (Phi) is 4.35. The fourth-order valence-corrected chi connectivity index (χ4v) is 3.22. The third-order valence-corrected chi connectivity index (χ3v) is 4.34. The lowest BCUT2D eigenvalue weighted by Crippen LogP contribution is -1.96. The molecule has 1 aromatic carbocycles. The molecule has 1 atom stereocenters. The van der Waals surface area contributed by atoms with Crippen molar-refractivity contribution < 1.29 is 9.15 Å². The van der Waals surface area contributed by atoms with E-state index in [0.29, 0.717) is 6.61 Å². The summed E-state index contributed by atoms with van der Waals surface area (Å²) in [5, 5.41) is 0. The van der Waals surface area contributed by atoms with Crippen LogP contribution in [-0.4, -0.2) is 6.61 Å². The van der Waals surface area contributed by atoms with Gasteiger partial charge in [0.15, 0.2) is 0 Å². The summed E-state index contributed by atoms with van der Waals surface area (Å²) in [6.07, 6.45) is 0. The van der Waals surface area contributed by atoms with Crippen LogP contribution in [0, 0.1) is 20.8 Å². The largest absolute Gasteiger partial charge is 0.494 e. The molecule has 1 heterocycles. The third kappa shape index (κ3) is 2.86. The predicted molar refractivity (Wildman–Crippen MR) is 81.3 cm³/mol. The smallest absolute Gasteiger partial charge is 0.119 e. The second-order valence-electron chi connectivity index (χ2n) is 4.62. The van der Waals surface area contributed by atoms with E-state index in [1.54, 1.807) is 0 Å². The van der Waals surface area contributed by atoms with Crippen molar-refractivity contribution in [2.45, 2.75) is 32.5 Å². The maximum atomic E-state index is 5.70. The van der Waals surface area contributed by atoms with E-state index in [9.17, 15) is 0 Å². The Morgan fingerprint density at radius 1 is 1.11 bits per heavy atom. The topological polar surface area (TPSA) is 22.4 Å². The van der Waals surface area contributed by atoms with Crippen LogP contribution < -0.4 is 4.74 Å². The molecule has 102 valence electrons. The molecule has 0 aliphatic rings. The second kappa shape index (κ2) is 5.83. The average Bonchev–Trinajstić information content (AvgIpc) is 2.64. The Morgan fingerprint density at radius 2 is 1.74 bits per heavy atom. The summed E-state index contributed by atoms with van der Waals surface area (Å²) < 4.78 is 11.2. The summed E-state index contributed by atoms with van der Waals surface area (Å²) in [7, 11) is 0. The molecule has 0 saturated heterocycles. The first-order valence-electron chi connectivity index (χ1n) is 6.48. The van der Waals surface area contributed by atoms with E-state index in [0.717, 1.165) is 17.3 Å². The van der Waals surface area contributed by atoms with Gasteiger partial charge < -0.3 is 9.15 Å². The monoisotopic (exact) mass is 322 g/mol. The molecule has 2 aromatic rings. The van der Waals surface area contributed by atoms with Gasteiger partial charge in [-0.25, -0.2) is 0 Å². The molecule has 0 aliphatic carbocycles. The minimum Gasteiger partial charge on any atom is -0.494 e. The Hall–Kier alpha value is -1.22. The van der Waals surface area contributed by atoms with Crippen LogP contribution in [0.15, 0.2) is 28.7 Å². The number of hydrogen-bond donors (Lipinski definition) is 0. The van der Waals surface area contributed by atoms with Crippen LogP contribution in [-0.2, 0) is 0 Å². The van der Waals surface area contributed by atoms with Gasteiger partial charge in [-0.15, -0.1) is 0 Å². The van der Waals surface area contributed by atoms with Crippen LogP contribution >= 0.6 is 15.9 Å². The first-order valence-corrected chi connectivity index (χ1v) is 7.39. The van der Waals surface area contributed by atoms with Gasteiger partial charge in [0.25, 0.3) is 0 Å². The first-order chi connectivity index (χ1) is 9.04. The molecule has 0 N–H and O–H groups in total. The Bertz CT molecular complexity index is 555. The molecule has 2 nitrogen and oxygen atoms in total. The summed E-state index contributed by atoms with van der Waals surface area (Å²) in [5.74, 6) is 2.87. The van der Waals surface area contributed by atoms with Gasteiger partial charge in [-0.05, 0) is 51.0 Å². The zero-order chi connectivity index (χ0) is 14.0. The highest BCUT2D eigenvalue weighted by atomic mass is 79.9. The fraction of sp³-hybridized carbons (Fsp3) is 0.375. The van der Waals surface area contributed by atoms with Crippen molar-refractivity contribution in [3.05, 3.63) is 52.5 Å². The molecule has 0 amide bonds. The van der Waals surface area contributed by atoms with Gasteiger partial charge in [0.1, 0.15) is 17.3 Å². The van der Waals surface area contributed by atoms with E-state index in [4.69, 9.17) is 9.15 Å². The van der Waals surface area contributed by atoms with Crippen LogP contribution in [0.1, 0.15) is 40.0 Å². The number of hydrogen-bond acceptors (Lipinski definition) is 2. The van der Waals surface area contributed by atoms with Gasteiger partial charge in [0.2, 0.25) is 0 Å². The van der Waals surface area contributed by atoms with Crippen LogP contribution in [0.25, 0.3) is 0 Å². The van der Waals surface area contributed by atoms with Gasteiger partial charge in [0, 0.05) is 5.56 Å². The Morgan fingerprint density at radius 3 is 2.21 bits per heavy atom. The maximum absolute atomic E-state index is 5.70. The number of ether oxygens (including phenoxy) is 1. The van der Waals surface area contributed by atoms with Gasteiger partial charge in [0.05, 0.1) is 11.4 Å². The molecule has 3 heteroatoms. The van der Waals surface area contributed by atoms with Crippen LogP contribution in [0.4, 0.5) is 0 Å². The van der Waals surface area contributed by atoms with Crippen LogP contribution in [0.3, 0.4) is 0 Å². The van der Waals surface area contributed by atoms with E-state index in [-0.39, 0.29) is 4.83 Å². The molecule has 19 heavy (non-hydrogen) atoms. The molecule has 0 spiro atoms. The molecule has 0 radical (unpaired) electrons. The van der Waals surface area contributed by atoms with E-state index >= 15 is 0 Å². The summed E-state index contributed by atoms with van der Waals surface area (Å²) in [5.41, 5.74) is 3.64. The van der Waals surface area contributed by atoms with Crippen LogP contribution in [0.2, 0.25) is 0 Å². The third-order valence-electron chi connectivity index (χ3n) is 3.35. The summed E-state index contributed by atoms with van der Waals surface area (Å²) in [4.78, 5) is 0.153. The standard InChI is InChI=1S/C16H19BrO2/c1-5-18-14-8-6-13(7-9-14)16(17)15-10(2)11(3)19-12(15)4/h6-9,16H,5H2,1-4H3. The highest BCUT2D eigenvalue weighted by Crippen LogP contribution is 2.37.